The Balaban J connectivity index is 2.04. The van der Waals surface area contributed by atoms with Crippen molar-refractivity contribution in [1.29, 1.82) is 0 Å². The average molecular weight is 264 g/mol. The summed E-state index contributed by atoms with van der Waals surface area (Å²) in [5, 5.41) is 5.02. The van der Waals surface area contributed by atoms with Crippen molar-refractivity contribution >= 4 is 11.3 Å². The van der Waals surface area contributed by atoms with E-state index in [1.165, 1.54) is 55.6 Å². The van der Waals surface area contributed by atoms with Crippen LogP contribution in [0.3, 0.4) is 0 Å². The lowest BCUT2D eigenvalue weighted by Gasteiger charge is -2.49. The Morgan fingerprint density at radius 1 is 1.11 bits per heavy atom. The molecule has 0 saturated heterocycles. The molecule has 0 spiro atoms. The summed E-state index contributed by atoms with van der Waals surface area (Å²) in [4.78, 5) is 6.57. The van der Waals surface area contributed by atoms with Gasteiger partial charge >= 0.3 is 0 Å². The molecule has 1 heterocycles. The third-order valence-electron chi connectivity index (χ3n) is 5.15. The SMILES string of the molecule is CNC1(c2nc3c(s2)CCC3)CCCCC1(C)C. The molecule has 0 bridgehead atoms. The van der Waals surface area contributed by atoms with Gasteiger partial charge in [-0.3, -0.25) is 0 Å². The molecule has 18 heavy (non-hydrogen) atoms. The van der Waals surface area contributed by atoms with Crippen LogP contribution in [0, 0.1) is 5.41 Å². The molecule has 1 N–H and O–H groups in total. The Hall–Kier alpha value is -0.410. The molecule has 1 fully saturated rings. The Labute approximate surface area is 114 Å². The second-order valence-corrected chi connectivity index (χ2v) is 7.57. The van der Waals surface area contributed by atoms with Crippen molar-refractivity contribution < 1.29 is 0 Å². The van der Waals surface area contributed by atoms with Crippen LogP contribution in [0.5, 0.6) is 0 Å². The first-order valence-corrected chi connectivity index (χ1v) is 8.09. The van der Waals surface area contributed by atoms with Crippen LogP contribution in [0.25, 0.3) is 0 Å². The van der Waals surface area contributed by atoms with Gasteiger partial charge in [-0.15, -0.1) is 11.3 Å². The Kier molecular flexibility index (Phi) is 3.02. The number of nitrogens with one attached hydrogen (secondary N) is 1. The molecule has 0 radical (unpaired) electrons. The fraction of sp³-hybridized carbons (Fsp3) is 0.800. The van der Waals surface area contributed by atoms with E-state index in [2.05, 4.69) is 26.2 Å². The average Bonchev–Trinajstić information content (AvgIpc) is 2.89. The lowest BCUT2D eigenvalue weighted by atomic mass is 9.63. The van der Waals surface area contributed by atoms with Crippen LogP contribution < -0.4 is 5.32 Å². The fourth-order valence-electron chi connectivity index (χ4n) is 3.85. The van der Waals surface area contributed by atoms with Crippen LogP contribution in [-0.4, -0.2) is 12.0 Å². The van der Waals surface area contributed by atoms with Gasteiger partial charge in [0.1, 0.15) is 5.01 Å². The molecule has 0 aromatic carbocycles. The number of hydrogen-bond donors (Lipinski definition) is 1. The maximum absolute atomic E-state index is 5.01. The molecule has 1 unspecified atom stereocenters. The van der Waals surface area contributed by atoms with Crippen molar-refractivity contribution in [2.24, 2.45) is 5.41 Å². The zero-order valence-corrected chi connectivity index (χ0v) is 12.6. The number of hydrogen-bond acceptors (Lipinski definition) is 3. The molecule has 3 heteroatoms. The van der Waals surface area contributed by atoms with E-state index in [1.807, 2.05) is 11.3 Å². The van der Waals surface area contributed by atoms with Crippen molar-refractivity contribution in [1.82, 2.24) is 10.3 Å². The highest BCUT2D eigenvalue weighted by molar-refractivity contribution is 7.12. The maximum Gasteiger partial charge on any atom is 0.114 e. The van der Waals surface area contributed by atoms with Gasteiger partial charge in [-0.25, -0.2) is 4.98 Å². The van der Waals surface area contributed by atoms with Gasteiger partial charge in [-0.1, -0.05) is 26.7 Å². The summed E-state index contributed by atoms with van der Waals surface area (Å²) in [6.07, 6.45) is 9.00. The molecule has 1 atom stereocenters. The van der Waals surface area contributed by atoms with Gasteiger partial charge in [-0.2, -0.15) is 0 Å². The maximum atomic E-state index is 5.01. The van der Waals surface area contributed by atoms with Crippen LogP contribution in [0.2, 0.25) is 0 Å². The van der Waals surface area contributed by atoms with E-state index in [4.69, 9.17) is 4.98 Å². The molecule has 100 valence electrons. The highest BCUT2D eigenvalue weighted by Crippen LogP contribution is 2.51. The smallest absolute Gasteiger partial charge is 0.114 e. The second kappa shape index (κ2) is 4.31. The van der Waals surface area contributed by atoms with Crippen LogP contribution >= 0.6 is 11.3 Å². The second-order valence-electron chi connectivity index (χ2n) is 6.49. The molecule has 3 rings (SSSR count). The minimum atomic E-state index is 0.111. The Morgan fingerprint density at radius 2 is 1.89 bits per heavy atom. The van der Waals surface area contributed by atoms with Gasteiger partial charge < -0.3 is 5.32 Å². The monoisotopic (exact) mass is 264 g/mol. The van der Waals surface area contributed by atoms with Gasteiger partial charge in [-0.05, 0) is 44.6 Å². The fourth-order valence-corrected chi connectivity index (χ4v) is 5.40. The number of rotatable bonds is 2. The summed E-state index contributed by atoms with van der Waals surface area (Å²) in [6.45, 7) is 4.82. The number of aromatic nitrogens is 1. The van der Waals surface area contributed by atoms with E-state index in [9.17, 15) is 0 Å². The van der Waals surface area contributed by atoms with Crippen LogP contribution in [0.4, 0.5) is 0 Å². The van der Waals surface area contributed by atoms with Crippen LogP contribution in [0.15, 0.2) is 0 Å². The largest absolute Gasteiger partial charge is 0.308 e. The number of thiazole rings is 1. The van der Waals surface area contributed by atoms with E-state index in [1.54, 1.807) is 4.88 Å². The number of fused-ring (bicyclic) bond motifs is 1. The van der Waals surface area contributed by atoms with Crippen LogP contribution in [-0.2, 0) is 18.4 Å². The Morgan fingerprint density at radius 3 is 2.56 bits per heavy atom. The minimum Gasteiger partial charge on any atom is -0.308 e. The number of aryl methyl sites for hydroxylation is 2. The van der Waals surface area contributed by atoms with E-state index >= 15 is 0 Å². The first kappa shape index (κ1) is 12.6. The quantitative estimate of drug-likeness (QED) is 0.882. The van der Waals surface area contributed by atoms with Gasteiger partial charge in [0.25, 0.3) is 0 Å². The van der Waals surface area contributed by atoms with E-state index in [-0.39, 0.29) is 5.54 Å². The van der Waals surface area contributed by atoms with Crippen molar-refractivity contribution in [2.45, 2.75) is 64.3 Å². The van der Waals surface area contributed by atoms with Gasteiger partial charge in [0.15, 0.2) is 0 Å². The first-order chi connectivity index (χ1) is 8.59. The molecule has 2 aliphatic rings. The zero-order chi connectivity index (χ0) is 12.8. The standard InChI is InChI=1S/C15H24N2S/c1-14(2)9-4-5-10-15(14,16-3)13-17-11-7-6-8-12(11)18-13/h16H,4-10H2,1-3H3. The summed E-state index contributed by atoms with van der Waals surface area (Å²) in [7, 11) is 2.12. The topological polar surface area (TPSA) is 24.9 Å². The summed E-state index contributed by atoms with van der Waals surface area (Å²) in [5.74, 6) is 0. The van der Waals surface area contributed by atoms with Crippen molar-refractivity contribution in [2.75, 3.05) is 7.05 Å². The van der Waals surface area contributed by atoms with Gasteiger partial charge in [0, 0.05) is 4.88 Å². The predicted molar refractivity (Wildman–Crippen MR) is 77.1 cm³/mol. The predicted octanol–water partition coefficient (Wildman–Crippen LogP) is 3.65. The summed E-state index contributed by atoms with van der Waals surface area (Å²) in [6, 6.07) is 0. The molecular weight excluding hydrogens is 240 g/mol. The molecule has 0 aliphatic heterocycles. The summed E-state index contributed by atoms with van der Waals surface area (Å²) in [5.41, 5.74) is 1.82. The summed E-state index contributed by atoms with van der Waals surface area (Å²) < 4.78 is 0. The van der Waals surface area contributed by atoms with Crippen molar-refractivity contribution in [3.05, 3.63) is 15.6 Å². The molecule has 1 aromatic heterocycles. The highest BCUT2D eigenvalue weighted by Gasteiger charge is 2.49. The number of nitrogens with zero attached hydrogens (tertiary/aromatic N) is 1. The third kappa shape index (κ3) is 1.67. The molecular formula is C15H24N2S. The van der Waals surface area contributed by atoms with E-state index in [0.717, 1.165) is 0 Å². The van der Waals surface area contributed by atoms with Crippen molar-refractivity contribution in [3.63, 3.8) is 0 Å². The Bertz CT molecular complexity index is 428. The lowest BCUT2D eigenvalue weighted by molar-refractivity contribution is 0.0665. The highest BCUT2D eigenvalue weighted by atomic mass is 32.1. The summed E-state index contributed by atoms with van der Waals surface area (Å²) >= 11 is 1.98. The molecule has 2 aliphatic carbocycles. The normalized spacial score (nSPS) is 30.4. The lowest BCUT2D eigenvalue weighted by Crippen LogP contribution is -2.53. The first-order valence-electron chi connectivity index (χ1n) is 7.27. The van der Waals surface area contributed by atoms with Gasteiger partial charge in [0.2, 0.25) is 0 Å². The minimum absolute atomic E-state index is 0.111. The zero-order valence-electron chi connectivity index (χ0n) is 11.8. The molecule has 2 nitrogen and oxygen atoms in total. The van der Waals surface area contributed by atoms with Gasteiger partial charge in [0.05, 0.1) is 11.2 Å². The van der Waals surface area contributed by atoms with E-state index < -0.39 is 0 Å². The molecule has 0 amide bonds. The molecule has 1 saturated carbocycles. The third-order valence-corrected chi connectivity index (χ3v) is 6.47. The molecule has 1 aromatic rings. The van der Waals surface area contributed by atoms with E-state index in [0.29, 0.717) is 5.41 Å². The van der Waals surface area contributed by atoms with Crippen molar-refractivity contribution in [3.8, 4) is 0 Å². The van der Waals surface area contributed by atoms with Crippen LogP contribution in [0.1, 0.15) is 61.5 Å².